The molecule has 2 fully saturated rings. The summed E-state index contributed by atoms with van der Waals surface area (Å²) < 4.78 is 0. The van der Waals surface area contributed by atoms with Gasteiger partial charge in [0.2, 0.25) is 0 Å². The van der Waals surface area contributed by atoms with Crippen molar-refractivity contribution in [2.24, 2.45) is 17.8 Å². The van der Waals surface area contributed by atoms with Gasteiger partial charge in [-0.3, -0.25) is 0 Å². The highest BCUT2D eigenvalue weighted by atomic mass is 32.2. The van der Waals surface area contributed by atoms with E-state index < -0.39 is 0 Å². The van der Waals surface area contributed by atoms with Gasteiger partial charge in [0.15, 0.2) is 0 Å². The van der Waals surface area contributed by atoms with Gasteiger partial charge < -0.3 is 5.32 Å². The third-order valence-corrected chi connectivity index (χ3v) is 7.14. The minimum atomic E-state index is 0.752. The Morgan fingerprint density at radius 1 is 1.00 bits per heavy atom. The van der Waals surface area contributed by atoms with Gasteiger partial charge in [-0.15, -0.1) is 0 Å². The molecule has 0 spiro atoms. The fourth-order valence-electron chi connectivity index (χ4n) is 3.88. The van der Waals surface area contributed by atoms with Crippen LogP contribution in [0.4, 0.5) is 0 Å². The van der Waals surface area contributed by atoms with Gasteiger partial charge >= 0.3 is 0 Å². The zero-order valence-corrected chi connectivity index (χ0v) is 14.0. The van der Waals surface area contributed by atoms with Crippen LogP contribution in [-0.2, 0) is 0 Å². The van der Waals surface area contributed by atoms with Crippen LogP contribution < -0.4 is 5.32 Å². The lowest BCUT2D eigenvalue weighted by atomic mass is 9.73. The summed E-state index contributed by atoms with van der Waals surface area (Å²) in [5, 5.41) is 4.59. The molecule has 2 heteroatoms. The van der Waals surface area contributed by atoms with E-state index in [9.17, 15) is 0 Å². The molecular formula is C17H33NS. The van der Waals surface area contributed by atoms with Crippen LogP contribution in [-0.4, -0.2) is 24.1 Å². The Hall–Kier alpha value is 0.310. The maximum absolute atomic E-state index is 3.63. The van der Waals surface area contributed by atoms with Gasteiger partial charge in [-0.05, 0) is 50.5 Å². The fourth-order valence-corrected chi connectivity index (χ4v) is 5.47. The summed E-state index contributed by atoms with van der Waals surface area (Å²) in [6, 6.07) is 0.752. The highest BCUT2D eigenvalue weighted by molar-refractivity contribution is 7.99. The standard InChI is InChI=1S/C17H33NS/c1-13-9-10-15(11-14(13)2)17(18-3)12-19-16-7-5-4-6-8-16/h13-18H,4-12H2,1-3H3. The SMILES string of the molecule is CNC(CSC1CCCCC1)C1CCC(C)C(C)C1. The van der Waals surface area contributed by atoms with Crippen LogP contribution in [0.2, 0.25) is 0 Å². The van der Waals surface area contributed by atoms with Gasteiger partial charge in [-0.1, -0.05) is 39.5 Å². The fraction of sp³-hybridized carbons (Fsp3) is 1.00. The van der Waals surface area contributed by atoms with Crippen LogP contribution in [0.25, 0.3) is 0 Å². The lowest BCUT2D eigenvalue weighted by Crippen LogP contribution is -2.40. The van der Waals surface area contributed by atoms with Crippen molar-refractivity contribution in [3.63, 3.8) is 0 Å². The predicted molar refractivity (Wildman–Crippen MR) is 87.8 cm³/mol. The van der Waals surface area contributed by atoms with E-state index in [1.54, 1.807) is 0 Å². The van der Waals surface area contributed by atoms with Crippen LogP contribution in [0.3, 0.4) is 0 Å². The first-order chi connectivity index (χ1) is 9.20. The number of thioether (sulfide) groups is 1. The second-order valence-corrected chi connectivity index (χ2v) is 8.35. The molecule has 19 heavy (non-hydrogen) atoms. The van der Waals surface area contributed by atoms with E-state index in [0.717, 1.165) is 29.0 Å². The molecule has 4 atom stereocenters. The zero-order valence-electron chi connectivity index (χ0n) is 13.2. The Kier molecular flexibility index (Phi) is 6.55. The molecule has 0 aromatic heterocycles. The molecule has 4 unspecified atom stereocenters. The summed E-state index contributed by atoms with van der Waals surface area (Å²) in [7, 11) is 2.18. The minimum absolute atomic E-state index is 0.752. The lowest BCUT2D eigenvalue weighted by Gasteiger charge is -2.37. The molecule has 0 radical (unpaired) electrons. The summed E-state index contributed by atoms with van der Waals surface area (Å²) in [6.07, 6.45) is 11.7. The van der Waals surface area contributed by atoms with E-state index in [1.165, 1.54) is 57.1 Å². The zero-order chi connectivity index (χ0) is 13.7. The van der Waals surface area contributed by atoms with Crippen molar-refractivity contribution in [3.05, 3.63) is 0 Å². The number of hydrogen-bond donors (Lipinski definition) is 1. The summed E-state index contributed by atoms with van der Waals surface area (Å²) in [5.41, 5.74) is 0. The van der Waals surface area contributed by atoms with Crippen LogP contribution in [0, 0.1) is 17.8 Å². The van der Waals surface area contributed by atoms with Crippen LogP contribution in [0.15, 0.2) is 0 Å². The smallest absolute Gasteiger partial charge is 0.0183 e. The highest BCUT2D eigenvalue weighted by Gasteiger charge is 2.30. The molecule has 2 aliphatic rings. The van der Waals surface area contributed by atoms with E-state index >= 15 is 0 Å². The van der Waals surface area contributed by atoms with Crippen molar-refractivity contribution in [2.45, 2.75) is 76.5 Å². The molecular weight excluding hydrogens is 250 g/mol. The molecule has 112 valence electrons. The van der Waals surface area contributed by atoms with E-state index in [1.807, 2.05) is 0 Å². The molecule has 2 aliphatic carbocycles. The van der Waals surface area contributed by atoms with E-state index in [4.69, 9.17) is 0 Å². The third kappa shape index (κ3) is 4.67. The van der Waals surface area contributed by atoms with Gasteiger partial charge in [-0.25, -0.2) is 0 Å². The van der Waals surface area contributed by atoms with Crippen molar-refractivity contribution >= 4 is 11.8 Å². The van der Waals surface area contributed by atoms with Gasteiger partial charge in [0, 0.05) is 17.0 Å². The Labute approximate surface area is 124 Å². The Morgan fingerprint density at radius 2 is 1.74 bits per heavy atom. The van der Waals surface area contributed by atoms with E-state index in [-0.39, 0.29) is 0 Å². The summed E-state index contributed by atoms with van der Waals surface area (Å²) >= 11 is 2.26. The summed E-state index contributed by atoms with van der Waals surface area (Å²) in [5.74, 6) is 4.13. The van der Waals surface area contributed by atoms with Crippen molar-refractivity contribution in [1.82, 2.24) is 5.32 Å². The van der Waals surface area contributed by atoms with Gasteiger partial charge in [-0.2, -0.15) is 11.8 Å². The first-order valence-electron chi connectivity index (χ1n) is 8.49. The largest absolute Gasteiger partial charge is 0.316 e. The molecule has 1 nitrogen and oxygen atoms in total. The number of hydrogen-bond acceptors (Lipinski definition) is 2. The van der Waals surface area contributed by atoms with Gasteiger partial charge in [0.1, 0.15) is 0 Å². The van der Waals surface area contributed by atoms with Crippen molar-refractivity contribution in [3.8, 4) is 0 Å². The average Bonchev–Trinajstić information content (AvgIpc) is 2.44. The molecule has 1 N–H and O–H groups in total. The summed E-state index contributed by atoms with van der Waals surface area (Å²) in [6.45, 7) is 4.89. The number of rotatable bonds is 5. The molecule has 0 amide bonds. The Bertz CT molecular complexity index is 250. The Balaban J connectivity index is 1.75. The predicted octanol–water partition coefficient (Wildman–Crippen LogP) is 4.71. The maximum atomic E-state index is 3.63. The van der Waals surface area contributed by atoms with Crippen LogP contribution in [0.5, 0.6) is 0 Å². The molecule has 0 heterocycles. The molecule has 0 aromatic rings. The molecule has 0 saturated heterocycles. The topological polar surface area (TPSA) is 12.0 Å². The highest BCUT2D eigenvalue weighted by Crippen LogP contribution is 2.37. The van der Waals surface area contributed by atoms with Gasteiger partial charge in [0.05, 0.1) is 0 Å². The van der Waals surface area contributed by atoms with Crippen molar-refractivity contribution in [2.75, 3.05) is 12.8 Å². The molecule has 0 bridgehead atoms. The first kappa shape index (κ1) is 15.7. The number of nitrogens with one attached hydrogen (secondary N) is 1. The van der Waals surface area contributed by atoms with E-state index in [0.29, 0.717) is 0 Å². The minimum Gasteiger partial charge on any atom is -0.316 e. The third-order valence-electron chi connectivity index (χ3n) is 5.64. The average molecular weight is 284 g/mol. The Morgan fingerprint density at radius 3 is 2.37 bits per heavy atom. The second-order valence-electron chi connectivity index (χ2n) is 7.02. The van der Waals surface area contributed by atoms with Crippen LogP contribution in [0.1, 0.15) is 65.2 Å². The van der Waals surface area contributed by atoms with Crippen molar-refractivity contribution in [1.29, 1.82) is 0 Å². The summed E-state index contributed by atoms with van der Waals surface area (Å²) in [4.78, 5) is 0. The molecule has 0 aromatic carbocycles. The van der Waals surface area contributed by atoms with Crippen molar-refractivity contribution < 1.29 is 0 Å². The molecule has 2 saturated carbocycles. The lowest BCUT2D eigenvalue weighted by molar-refractivity contribution is 0.181. The molecule has 2 rings (SSSR count). The first-order valence-corrected chi connectivity index (χ1v) is 9.54. The second kappa shape index (κ2) is 7.93. The van der Waals surface area contributed by atoms with Crippen LogP contribution >= 0.6 is 11.8 Å². The quantitative estimate of drug-likeness (QED) is 0.784. The monoisotopic (exact) mass is 283 g/mol. The van der Waals surface area contributed by atoms with E-state index in [2.05, 4.69) is 38.0 Å². The maximum Gasteiger partial charge on any atom is 0.0183 e. The normalized spacial score (nSPS) is 35.2. The molecule has 0 aliphatic heterocycles. The van der Waals surface area contributed by atoms with Gasteiger partial charge in [0.25, 0.3) is 0 Å².